The first-order valence-corrected chi connectivity index (χ1v) is 9.26. The summed E-state index contributed by atoms with van der Waals surface area (Å²) < 4.78 is 0. The van der Waals surface area contributed by atoms with Crippen LogP contribution < -0.4 is 0 Å². The molecule has 8 atom stereocenters. The van der Waals surface area contributed by atoms with Crippen LogP contribution in [0.15, 0.2) is 0 Å². The number of aliphatic hydroxyl groups is 2. The molecule has 3 heteroatoms. The van der Waals surface area contributed by atoms with Crippen molar-refractivity contribution in [3.63, 3.8) is 0 Å². The van der Waals surface area contributed by atoms with Gasteiger partial charge in [0.05, 0.1) is 6.10 Å². The van der Waals surface area contributed by atoms with Gasteiger partial charge in [-0.25, -0.2) is 0 Å². The third-order valence-corrected chi connectivity index (χ3v) is 8.37. The fourth-order valence-electron chi connectivity index (χ4n) is 7.02. The number of ketones is 1. The minimum absolute atomic E-state index is 0.0987. The summed E-state index contributed by atoms with van der Waals surface area (Å²) in [6.45, 7) is 4.57. The van der Waals surface area contributed by atoms with Gasteiger partial charge >= 0.3 is 0 Å². The van der Waals surface area contributed by atoms with Crippen molar-refractivity contribution in [3.8, 4) is 0 Å². The summed E-state index contributed by atoms with van der Waals surface area (Å²) in [4.78, 5) is 12.5. The van der Waals surface area contributed by atoms with Crippen LogP contribution >= 0.6 is 0 Å². The van der Waals surface area contributed by atoms with E-state index in [9.17, 15) is 15.0 Å². The standard InChI is InChI=1S/C19H30O3/c1-18-7-5-12(20)9-11(18)3-4-13-14(18)6-8-19(2)15(13)10-16(21)17(19)22/h11-16,20-21H,3-10H2,1-2H3/t11-,12-,13+,14+,15+,16+,18-,19-/m0/s1. The molecule has 0 aromatic heterocycles. The molecule has 4 aliphatic carbocycles. The second-order valence-corrected chi connectivity index (χ2v) is 9.16. The lowest BCUT2D eigenvalue weighted by molar-refractivity contribution is -0.144. The molecule has 0 bridgehead atoms. The Morgan fingerprint density at radius 2 is 1.73 bits per heavy atom. The van der Waals surface area contributed by atoms with Crippen molar-refractivity contribution in [2.75, 3.05) is 0 Å². The van der Waals surface area contributed by atoms with Crippen LogP contribution in [-0.4, -0.2) is 28.2 Å². The van der Waals surface area contributed by atoms with Gasteiger partial charge in [0, 0.05) is 5.41 Å². The molecule has 4 rings (SSSR count). The van der Waals surface area contributed by atoms with Gasteiger partial charge < -0.3 is 10.2 Å². The first-order chi connectivity index (χ1) is 10.4. The number of carbonyl (C=O) groups is 1. The number of Topliss-reactive ketones (excluding diaryl/α,β-unsaturated/α-hetero) is 1. The van der Waals surface area contributed by atoms with Gasteiger partial charge in [-0.3, -0.25) is 4.79 Å². The Balaban J connectivity index is 1.64. The molecule has 124 valence electrons. The summed E-state index contributed by atoms with van der Waals surface area (Å²) in [6, 6.07) is 0. The van der Waals surface area contributed by atoms with E-state index in [1.54, 1.807) is 0 Å². The molecular formula is C19H30O3. The van der Waals surface area contributed by atoms with Crippen molar-refractivity contribution in [2.45, 2.75) is 77.4 Å². The number of carbonyl (C=O) groups excluding carboxylic acids is 1. The van der Waals surface area contributed by atoms with Crippen molar-refractivity contribution in [1.82, 2.24) is 0 Å². The average molecular weight is 306 g/mol. The highest BCUT2D eigenvalue weighted by Gasteiger charge is 2.62. The monoisotopic (exact) mass is 306 g/mol. The van der Waals surface area contributed by atoms with Crippen LogP contribution in [0.4, 0.5) is 0 Å². The minimum Gasteiger partial charge on any atom is -0.393 e. The molecule has 0 aromatic rings. The first kappa shape index (κ1) is 15.1. The second-order valence-electron chi connectivity index (χ2n) is 9.16. The summed E-state index contributed by atoms with van der Waals surface area (Å²) >= 11 is 0. The Morgan fingerprint density at radius 1 is 0.955 bits per heavy atom. The summed E-state index contributed by atoms with van der Waals surface area (Å²) in [7, 11) is 0. The van der Waals surface area contributed by atoms with Gasteiger partial charge in [-0.05, 0) is 80.5 Å². The molecule has 0 spiro atoms. The molecule has 0 heterocycles. The van der Waals surface area contributed by atoms with Crippen molar-refractivity contribution in [2.24, 2.45) is 34.5 Å². The molecule has 2 N–H and O–H groups in total. The molecule has 0 unspecified atom stereocenters. The van der Waals surface area contributed by atoms with Crippen LogP contribution in [0.3, 0.4) is 0 Å². The maximum Gasteiger partial charge on any atom is 0.167 e. The highest BCUT2D eigenvalue weighted by atomic mass is 16.3. The largest absolute Gasteiger partial charge is 0.393 e. The highest BCUT2D eigenvalue weighted by molar-refractivity contribution is 5.91. The van der Waals surface area contributed by atoms with Gasteiger partial charge in [0.25, 0.3) is 0 Å². The fraction of sp³-hybridized carbons (Fsp3) is 0.947. The van der Waals surface area contributed by atoms with Crippen molar-refractivity contribution in [3.05, 3.63) is 0 Å². The third-order valence-electron chi connectivity index (χ3n) is 8.37. The molecule has 0 aromatic carbocycles. The Labute approximate surface area is 133 Å². The number of fused-ring (bicyclic) bond motifs is 5. The first-order valence-electron chi connectivity index (χ1n) is 9.26. The maximum absolute atomic E-state index is 12.5. The van der Waals surface area contributed by atoms with Crippen molar-refractivity contribution in [1.29, 1.82) is 0 Å². The summed E-state index contributed by atoms with van der Waals surface area (Å²) in [5, 5.41) is 20.2. The molecule has 4 aliphatic rings. The number of hydrogen-bond acceptors (Lipinski definition) is 3. The van der Waals surface area contributed by atoms with E-state index in [2.05, 4.69) is 13.8 Å². The lowest BCUT2D eigenvalue weighted by atomic mass is 9.45. The van der Waals surface area contributed by atoms with E-state index in [0.29, 0.717) is 35.5 Å². The zero-order chi connectivity index (χ0) is 15.7. The summed E-state index contributed by atoms with van der Waals surface area (Å²) in [5.41, 5.74) is 0.0814. The maximum atomic E-state index is 12.5. The SMILES string of the molecule is C[C@]12CC[C@H](O)C[C@@H]1CC[C@@H]1[C@H]2CC[C@]2(C)C(=O)[C@H](O)C[C@H]12. The predicted octanol–water partition coefficient (Wildman–Crippen LogP) is 2.93. The Kier molecular flexibility index (Phi) is 3.30. The third kappa shape index (κ3) is 1.84. The van der Waals surface area contributed by atoms with Gasteiger partial charge in [-0.2, -0.15) is 0 Å². The lowest BCUT2D eigenvalue weighted by Crippen LogP contribution is -2.54. The summed E-state index contributed by atoms with van der Waals surface area (Å²) in [5.74, 6) is 2.45. The molecule has 22 heavy (non-hydrogen) atoms. The molecule has 0 amide bonds. The van der Waals surface area contributed by atoms with Crippen LogP contribution in [0.25, 0.3) is 0 Å². The van der Waals surface area contributed by atoms with Crippen LogP contribution in [0.1, 0.15) is 65.2 Å². The Bertz CT molecular complexity index is 489. The van der Waals surface area contributed by atoms with Gasteiger partial charge in [0.1, 0.15) is 6.10 Å². The Morgan fingerprint density at radius 3 is 2.50 bits per heavy atom. The van der Waals surface area contributed by atoms with Gasteiger partial charge in [-0.1, -0.05) is 13.8 Å². The molecule has 3 nitrogen and oxygen atoms in total. The van der Waals surface area contributed by atoms with E-state index in [1.165, 1.54) is 12.8 Å². The van der Waals surface area contributed by atoms with E-state index >= 15 is 0 Å². The predicted molar refractivity (Wildman–Crippen MR) is 84.1 cm³/mol. The smallest absolute Gasteiger partial charge is 0.167 e. The molecule has 4 fully saturated rings. The van der Waals surface area contributed by atoms with Crippen molar-refractivity contribution < 1.29 is 15.0 Å². The number of hydrogen-bond donors (Lipinski definition) is 2. The van der Waals surface area contributed by atoms with Crippen molar-refractivity contribution >= 4 is 5.78 Å². The molecule has 0 aliphatic heterocycles. The van der Waals surface area contributed by atoms with E-state index in [0.717, 1.165) is 32.1 Å². The zero-order valence-corrected chi connectivity index (χ0v) is 13.9. The molecular weight excluding hydrogens is 276 g/mol. The molecule has 4 saturated carbocycles. The normalized spacial score (nSPS) is 57.9. The fourth-order valence-corrected chi connectivity index (χ4v) is 7.02. The highest BCUT2D eigenvalue weighted by Crippen LogP contribution is 2.65. The quantitative estimate of drug-likeness (QED) is 0.723. The van der Waals surface area contributed by atoms with E-state index in [4.69, 9.17) is 0 Å². The van der Waals surface area contributed by atoms with E-state index in [1.807, 2.05) is 0 Å². The van der Waals surface area contributed by atoms with E-state index < -0.39 is 6.10 Å². The van der Waals surface area contributed by atoms with Crippen LogP contribution in [-0.2, 0) is 4.79 Å². The second kappa shape index (κ2) is 4.80. The topological polar surface area (TPSA) is 57.5 Å². The van der Waals surface area contributed by atoms with Gasteiger partial charge in [0.15, 0.2) is 5.78 Å². The zero-order valence-electron chi connectivity index (χ0n) is 13.9. The van der Waals surface area contributed by atoms with E-state index in [-0.39, 0.29) is 17.3 Å². The van der Waals surface area contributed by atoms with Crippen LogP contribution in [0, 0.1) is 34.5 Å². The number of aliphatic hydroxyl groups excluding tert-OH is 2. The number of rotatable bonds is 0. The van der Waals surface area contributed by atoms with Crippen LogP contribution in [0.5, 0.6) is 0 Å². The minimum atomic E-state index is -0.715. The Hall–Kier alpha value is -0.410. The molecule has 0 saturated heterocycles. The molecule has 0 radical (unpaired) electrons. The average Bonchev–Trinajstić information content (AvgIpc) is 2.72. The summed E-state index contributed by atoms with van der Waals surface area (Å²) in [6.07, 6.45) is 7.43. The van der Waals surface area contributed by atoms with Crippen LogP contribution in [0.2, 0.25) is 0 Å². The van der Waals surface area contributed by atoms with Gasteiger partial charge in [0.2, 0.25) is 0 Å². The lowest BCUT2D eigenvalue weighted by Gasteiger charge is -2.59. The van der Waals surface area contributed by atoms with Gasteiger partial charge in [-0.15, -0.1) is 0 Å².